The fraction of sp³-hybridized carbons (Fsp3) is 0. The summed E-state index contributed by atoms with van der Waals surface area (Å²) in [7, 11) is 0. The predicted molar refractivity (Wildman–Crippen MR) is 60.8 cm³/mol. The Morgan fingerprint density at radius 3 is 3.06 bits per heavy atom. The standard InChI is InChI=1S/C12H10N2O2/c1-2-12(15)14-10-5-3-4-9(6-10)11-7-13-8-16-11/h2-8H,1H2,(H,14,15). The van der Waals surface area contributed by atoms with Crippen LogP contribution in [0.4, 0.5) is 5.69 Å². The van der Waals surface area contributed by atoms with Crippen molar-refractivity contribution >= 4 is 11.6 Å². The van der Waals surface area contributed by atoms with Crippen molar-refractivity contribution in [3.8, 4) is 11.3 Å². The molecular weight excluding hydrogens is 204 g/mol. The summed E-state index contributed by atoms with van der Waals surface area (Å²) in [6.07, 6.45) is 4.21. The molecule has 80 valence electrons. The molecule has 0 aliphatic heterocycles. The molecule has 2 aromatic rings. The van der Waals surface area contributed by atoms with E-state index < -0.39 is 0 Å². The monoisotopic (exact) mass is 214 g/mol. The van der Waals surface area contributed by atoms with E-state index in [4.69, 9.17) is 4.42 Å². The van der Waals surface area contributed by atoms with E-state index in [0.29, 0.717) is 11.4 Å². The van der Waals surface area contributed by atoms with Gasteiger partial charge in [-0.2, -0.15) is 0 Å². The van der Waals surface area contributed by atoms with Gasteiger partial charge in [0.2, 0.25) is 5.91 Å². The van der Waals surface area contributed by atoms with Gasteiger partial charge in [-0.25, -0.2) is 4.98 Å². The predicted octanol–water partition coefficient (Wildman–Crippen LogP) is 2.47. The van der Waals surface area contributed by atoms with Gasteiger partial charge in [0, 0.05) is 11.3 Å². The van der Waals surface area contributed by atoms with Crippen LogP contribution in [0.25, 0.3) is 11.3 Å². The van der Waals surface area contributed by atoms with E-state index in [2.05, 4.69) is 16.9 Å². The molecule has 0 bridgehead atoms. The number of nitrogens with one attached hydrogen (secondary N) is 1. The van der Waals surface area contributed by atoms with Gasteiger partial charge in [-0.1, -0.05) is 18.7 Å². The highest BCUT2D eigenvalue weighted by Crippen LogP contribution is 2.21. The van der Waals surface area contributed by atoms with Gasteiger partial charge in [0.15, 0.2) is 12.2 Å². The highest BCUT2D eigenvalue weighted by atomic mass is 16.3. The van der Waals surface area contributed by atoms with Crippen LogP contribution in [0.1, 0.15) is 0 Å². The number of benzene rings is 1. The second-order valence-corrected chi connectivity index (χ2v) is 3.14. The number of rotatable bonds is 3. The lowest BCUT2D eigenvalue weighted by Gasteiger charge is -2.03. The quantitative estimate of drug-likeness (QED) is 0.798. The Morgan fingerprint density at radius 2 is 2.38 bits per heavy atom. The van der Waals surface area contributed by atoms with E-state index >= 15 is 0 Å². The SMILES string of the molecule is C=CC(=O)Nc1cccc(-c2cnco2)c1. The first kappa shape index (κ1) is 10.2. The Bertz CT molecular complexity index is 503. The molecule has 0 unspecified atom stereocenters. The minimum Gasteiger partial charge on any atom is -0.444 e. The van der Waals surface area contributed by atoms with Crippen LogP contribution in [0.5, 0.6) is 0 Å². The summed E-state index contributed by atoms with van der Waals surface area (Å²) in [6.45, 7) is 3.39. The zero-order valence-electron chi connectivity index (χ0n) is 8.51. The number of oxazole rings is 1. The van der Waals surface area contributed by atoms with Gasteiger partial charge in [-0.05, 0) is 18.2 Å². The third-order valence-electron chi connectivity index (χ3n) is 2.03. The number of carbonyl (C=O) groups is 1. The van der Waals surface area contributed by atoms with Crippen LogP contribution in [0.2, 0.25) is 0 Å². The number of hydrogen-bond acceptors (Lipinski definition) is 3. The first-order valence-electron chi connectivity index (χ1n) is 4.72. The fourth-order valence-electron chi connectivity index (χ4n) is 1.30. The summed E-state index contributed by atoms with van der Waals surface area (Å²) < 4.78 is 5.16. The van der Waals surface area contributed by atoms with Gasteiger partial charge in [-0.3, -0.25) is 4.79 Å². The van der Waals surface area contributed by atoms with Crippen molar-refractivity contribution < 1.29 is 9.21 Å². The fourth-order valence-corrected chi connectivity index (χ4v) is 1.30. The van der Waals surface area contributed by atoms with Crippen molar-refractivity contribution in [1.29, 1.82) is 0 Å². The third kappa shape index (κ3) is 2.17. The summed E-state index contributed by atoms with van der Waals surface area (Å²) in [5.74, 6) is 0.421. The van der Waals surface area contributed by atoms with Crippen LogP contribution in [-0.2, 0) is 4.79 Å². The van der Waals surface area contributed by atoms with Crippen LogP contribution in [0, 0.1) is 0 Å². The van der Waals surface area contributed by atoms with Crippen molar-refractivity contribution in [2.24, 2.45) is 0 Å². The maximum absolute atomic E-state index is 11.1. The molecule has 0 radical (unpaired) electrons. The van der Waals surface area contributed by atoms with Crippen LogP contribution in [-0.4, -0.2) is 10.9 Å². The van der Waals surface area contributed by atoms with Gasteiger partial charge >= 0.3 is 0 Å². The lowest BCUT2D eigenvalue weighted by molar-refractivity contribution is -0.111. The molecule has 16 heavy (non-hydrogen) atoms. The van der Waals surface area contributed by atoms with Crippen molar-refractivity contribution in [2.75, 3.05) is 5.32 Å². The average Bonchev–Trinajstić information content (AvgIpc) is 2.83. The van der Waals surface area contributed by atoms with E-state index in [1.807, 2.05) is 18.2 Å². The van der Waals surface area contributed by atoms with Crippen molar-refractivity contribution in [2.45, 2.75) is 0 Å². The van der Waals surface area contributed by atoms with E-state index in [0.717, 1.165) is 5.56 Å². The van der Waals surface area contributed by atoms with E-state index in [1.54, 1.807) is 12.3 Å². The number of aromatic nitrogens is 1. The number of nitrogens with zero attached hydrogens (tertiary/aromatic N) is 1. The van der Waals surface area contributed by atoms with Gasteiger partial charge < -0.3 is 9.73 Å². The van der Waals surface area contributed by atoms with Crippen molar-refractivity contribution in [1.82, 2.24) is 4.98 Å². The van der Waals surface area contributed by atoms with Gasteiger partial charge in [0.1, 0.15) is 0 Å². The number of amides is 1. The van der Waals surface area contributed by atoms with Crippen LogP contribution < -0.4 is 5.32 Å². The summed E-state index contributed by atoms with van der Waals surface area (Å²) in [4.78, 5) is 14.9. The molecule has 0 saturated carbocycles. The number of anilines is 1. The third-order valence-corrected chi connectivity index (χ3v) is 2.03. The van der Waals surface area contributed by atoms with Crippen molar-refractivity contribution in [3.05, 3.63) is 49.5 Å². The smallest absolute Gasteiger partial charge is 0.247 e. The minimum atomic E-state index is -0.241. The number of carbonyl (C=O) groups excluding carboxylic acids is 1. The molecule has 0 aliphatic rings. The molecule has 1 N–H and O–H groups in total. The summed E-state index contributed by atoms with van der Waals surface area (Å²) >= 11 is 0. The molecule has 1 heterocycles. The van der Waals surface area contributed by atoms with E-state index in [1.165, 1.54) is 12.5 Å². The largest absolute Gasteiger partial charge is 0.444 e. The van der Waals surface area contributed by atoms with Crippen LogP contribution in [0.15, 0.2) is 53.9 Å². The highest BCUT2D eigenvalue weighted by Gasteiger charge is 2.03. The van der Waals surface area contributed by atoms with E-state index in [-0.39, 0.29) is 5.91 Å². The maximum Gasteiger partial charge on any atom is 0.247 e. The maximum atomic E-state index is 11.1. The molecule has 0 saturated heterocycles. The van der Waals surface area contributed by atoms with Gasteiger partial charge in [-0.15, -0.1) is 0 Å². The lowest BCUT2D eigenvalue weighted by atomic mass is 10.1. The first-order chi connectivity index (χ1) is 7.79. The molecule has 0 aliphatic carbocycles. The second-order valence-electron chi connectivity index (χ2n) is 3.14. The Kier molecular flexibility index (Phi) is 2.82. The van der Waals surface area contributed by atoms with Crippen LogP contribution in [0.3, 0.4) is 0 Å². The van der Waals surface area contributed by atoms with Gasteiger partial charge in [0.25, 0.3) is 0 Å². The van der Waals surface area contributed by atoms with Gasteiger partial charge in [0.05, 0.1) is 6.20 Å². The molecule has 4 heteroatoms. The molecule has 4 nitrogen and oxygen atoms in total. The van der Waals surface area contributed by atoms with Crippen molar-refractivity contribution in [3.63, 3.8) is 0 Å². The zero-order chi connectivity index (χ0) is 11.4. The summed E-state index contributed by atoms with van der Waals surface area (Å²) in [6, 6.07) is 7.31. The summed E-state index contributed by atoms with van der Waals surface area (Å²) in [5.41, 5.74) is 1.55. The number of hydrogen-bond donors (Lipinski definition) is 1. The molecule has 1 aromatic carbocycles. The Hall–Kier alpha value is -2.36. The zero-order valence-corrected chi connectivity index (χ0v) is 8.51. The molecule has 2 rings (SSSR count). The molecule has 0 fully saturated rings. The Morgan fingerprint density at radius 1 is 1.50 bits per heavy atom. The normalized spacial score (nSPS) is 9.75. The molecule has 0 atom stereocenters. The first-order valence-corrected chi connectivity index (χ1v) is 4.72. The Labute approximate surface area is 92.6 Å². The highest BCUT2D eigenvalue weighted by molar-refractivity contribution is 5.99. The summed E-state index contributed by atoms with van der Waals surface area (Å²) in [5, 5.41) is 2.67. The molecular formula is C12H10N2O2. The van der Waals surface area contributed by atoms with Crippen LogP contribution >= 0.6 is 0 Å². The lowest BCUT2D eigenvalue weighted by Crippen LogP contribution is -2.06. The Balaban J connectivity index is 2.26. The molecule has 1 aromatic heterocycles. The molecule has 0 spiro atoms. The van der Waals surface area contributed by atoms with E-state index in [9.17, 15) is 4.79 Å². The minimum absolute atomic E-state index is 0.241. The second kappa shape index (κ2) is 4.44. The average molecular weight is 214 g/mol. The molecule has 1 amide bonds. The topological polar surface area (TPSA) is 55.1 Å².